The lowest BCUT2D eigenvalue weighted by Gasteiger charge is -2.07. The fourth-order valence-corrected chi connectivity index (χ4v) is 0.812. The maximum atomic E-state index is 11.2. The van der Waals surface area contributed by atoms with Gasteiger partial charge in [0, 0.05) is 12.7 Å². The molecule has 0 atom stereocenters. The lowest BCUT2D eigenvalue weighted by atomic mass is 10.2. The molecule has 3 heteroatoms. The molecule has 0 rings (SSSR count). The molecule has 0 heterocycles. The van der Waals surface area contributed by atoms with Gasteiger partial charge in [-0.05, 0) is 18.6 Å². The van der Waals surface area contributed by atoms with E-state index in [0.29, 0.717) is 0 Å². The van der Waals surface area contributed by atoms with Crippen LogP contribution in [0.4, 0.5) is 0 Å². The van der Waals surface area contributed by atoms with E-state index in [2.05, 4.69) is 11.9 Å². The van der Waals surface area contributed by atoms with E-state index in [4.69, 9.17) is 4.74 Å². The summed E-state index contributed by atoms with van der Waals surface area (Å²) in [4.78, 5) is 11.2. The number of carbonyl (C=O) groups is 1. The summed E-state index contributed by atoms with van der Waals surface area (Å²) in [5.41, 5.74) is 1.91. The molecule has 0 aliphatic carbocycles. The van der Waals surface area contributed by atoms with Gasteiger partial charge in [-0.25, -0.2) is 0 Å². The minimum Gasteiger partial charge on any atom is -0.461 e. The summed E-state index contributed by atoms with van der Waals surface area (Å²) in [5, 5.41) is 3.00. The summed E-state index contributed by atoms with van der Waals surface area (Å²) in [6, 6.07) is 0. The highest BCUT2D eigenvalue weighted by Gasteiger charge is 2.07. The zero-order valence-electron chi connectivity index (χ0n) is 10.5. The SMILES string of the molecule is C=C/C(=C\C=C(/C)NC)COC(=O)C(C)C. The van der Waals surface area contributed by atoms with Gasteiger partial charge in [0.25, 0.3) is 0 Å². The molecule has 1 N–H and O–H groups in total. The van der Waals surface area contributed by atoms with Gasteiger partial charge in [-0.15, -0.1) is 0 Å². The van der Waals surface area contributed by atoms with Crippen molar-refractivity contribution in [1.82, 2.24) is 5.32 Å². The molecule has 0 aromatic rings. The number of esters is 1. The lowest BCUT2D eigenvalue weighted by Crippen LogP contribution is -2.13. The second-order valence-electron chi connectivity index (χ2n) is 3.81. The predicted molar refractivity (Wildman–Crippen MR) is 66.9 cm³/mol. The van der Waals surface area contributed by atoms with Gasteiger partial charge in [-0.2, -0.15) is 0 Å². The first kappa shape index (κ1) is 14.5. The van der Waals surface area contributed by atoms with Crippen LogP contribution < -0.4 is 5.32 Å². The smallest absolute Gasteiger partial charge is 0.308 e. The molecular formula is C13H21NO2. The van der Waals surface area contributed by atoms with Crippen molar-refractivity contribution in [3.05, 3.63) is 36.1 Å². The second kappa shape index (κ2) is 7.74. The maximum absolute atomic E-state index is 11.2. The molecule has 0 saturated carbocycles. The standard InChI is InChI=1S/C13H21NO2/c1-6-12(8-7-11(4)14-5)9-16-13(15)10(2)3/h6-8,10,14H,1,9H2,2-5H3/b11-7+,12-8+. The van der Waals surface area contributed by atoms with E-state index in [1.807, 2.05) is 40.0 Å². The van der Waals surface area contributed by atoms with Gasteiger partial charge in [-0.1, -0.05) is 32.6 Å². The Morgan fingerprint density at radius 3 is 2.50 bits per heavy atom. The summed E-state index contributed by atoms with van der Waals surface area (Å²) in [5.74, 6) is -0.289. The van der Waals surface area contributed by atoms with Crippen molar-refractivity contribution in [3.8, 4) is 0 Å². The van der Waals surface area contributed by atoms with Crippen LogP contribution in [0.3, 0.4) is 0 Å². The third-order valence-electron chi connectivity index (χ3n) is 2.06. The van der Waals surface area contributed by atoms with Crippen LogP contribution in [0, 0.1) is 5.92 Å². The molecule has 0 radical (unpaired) electrons. The van der Waals surface area contributed by atoms with Crippen LogP contribution in [0.1, 0.15) is 20.8 Å². The lowest BCUT2D eigenvalue weighted by molar-refractivity contribution is -0.146. The van der Waals surface area contributed by atoms with Crippen LogP contribution in [-0.2, 0) is 9.53 Å². The van der Waals surface area contributed by atoms with Crippen LogP contribution in [0.15, 0.2) is 36.1 Å². The highest BCUT2D eigenvalue weighted by Crippen LogP contribution is 2.02. The fraction of sp³-hybridized carbons (Fsp3) is 0.462. The van der Waals surface area contributed by atoms with Crippen LogP contribution >= 0.6 is 0 Å². The highest BCUT2D eigenvalue weighted by atomic mass is 16.5. The number of ether oxygens (including phenoxy) is 1. The van der Waals surface area contributed by atoms with Crippen molar-refractivity contribution in [2.24, 2.45) is 5.92 Å². The molecule has 90 valence electrons. The molecule has 0 aliphatic rings. The number of hydrogen-bond donors (Lipinski definition) is 1. The van der Waals surface area contributed by atoms with Gasteiger partial charge in [0.15, 0.2) is 0 Å². The second-order valence-corrected chi connectivity index (χ2v) is 3.81. The Labute approximate surface area is 97.9 Å². The molecule has 0 unspecified atom stereocenters. The van der Waals surface area contributed by atoms with E-state index in [9.17, 15) is 4.79 Å². The molecule has 3 nitrogen and oxygen atoms in total. The zero-order chi connectivity index (χ0) is 12.6. The molecule has 16 heavy (non-hydrogen) atoms. The van der Waals surface area contributed by atoms with Crippen molar-refractivity contribution in [2.75, 3.05) is 13.7 Å². The quantitative estimate of drug-likeness (QED) is 0.555. The summed E-state index contributed by atoms with van der Waals surface area (Å²) < 4.78 is 5.09. The van der Waals surface area contributed by atoms with E-state index >= 15 is 0 Å². The topological polar surface area (TPSA) is 38.3 Å². The van der Waals surface area contributed by atoms with E-state index < -0.39 is 0 Å². The van der Waals surface area contributed by atoms with Crippen LogP contribution in [-0.4, -0.2) is 19.6 Å². The van der Waals surface area contributed by atoms with Crippen LogP contribution in [0.25, 0.3) is 0 Å². The van der Waals surface area contributed by atoms with Crippen molar-refractivity contribution < 1.29 is 9.53 Å². The largest absolute Gasteiger partial charge is 0.461 e. The predicted octanol–water partition coefficient (Wildman–Crippen LogP) is 2.42. The van der Waals surface area contributed by atoms with Gasteiger partial charge in [0.05, 0.1) is 5.92 Å². The van der Waals surface area contributed by atoms with E-state index in [1.54, 1.807) is 6.08 Å². The number of carbonyl (C=O) groups excluding carboxylic acids is 1. The first-order valence-corrected chi connectivity index (χ1v) is 5.35. The van der Waals surface area contributed by atoms with Gasteiger partial charge in [-0.3, -0.25) is 4.79 Å². The maximum Gasteiger partial charge on any atom is 0.308 e. The van der Waals surface area contributed by atoms with Gasteiger partial charge in [0.2, 0.25) is 0 Å². The number of allylic oxidation sites excluding steroid dienone is 3. The monoisotopic (exact) mass is 223 g/mol. The van der Waals surface area contributed by atoms with E-state index in [-0.39, 0.29) is 18.5 Å². The summed E-state index contributed by atoms with van der Waals surface area (Å²) >= 11 is 0. The van der Waals surface area contributed by atoms with Crippen molar-refractivity contribution in [2.45, 2.75) is 20.8 Å². The average Bonchev–Trinajstić information content (AvgIpc) is 2.28. The summed E-state index contributed by atoms with van der Waals surface area (Å²) in [6.07, 6.45) is 5.49. The zero-order valence-corrected chi connectivity index (χ0v) is 10.5. The number of nitrogens with one attached hydrogen (secondary N) is 1. The summed E-state index contributed by atoms with van der Waals surface area (Å²) in [6.45, 7) is 9.53. The van der Waals surface area contributed by atoms with Gasteiger partial charge in [0.1, 0.15) is 6.61 Å². The molecule has 0 saturated heterocycles. The molecule has 0 aromatic carbocycles. The van der Waals surface area contributed by atoms with Crippen LogP contribution in [0.5, 0.6) is 0 Å². The Kier molecular flexibility index (Phi) is 7.01. The first-order chi connectivity index (χ1) is 7.51. The number of hydrogen-bond acceptors (Lipinski definition) is 3. The Morgan fingerprint density at radius 1 is 1.44 bits per heavy atom. The fourth-order valence-electron chi connectivity index (χ4n) is 0.812. The Morgan fingerprint density at radius 2 is 2.06 bits per heavy atom. The summed E-state index contributed by atoms with van der Waals surface area (Å²) in [7, 11) is 1.85. The van der Waals surface area contributed by atoms with E-state index in [0.717, 1.165) is 11.3 Å². The van der Waals surface area contributed by atoms with Crippen molar-refractivity contribution >= 4 is 5.97 Å². The highest BCUT2D eigenvalue weighted by molar-refractivity contribution is 5.71. The molecule has 0 amide bonds. The Balaban J connectivity index is 4.31. The minimum atomic E-state index is -0.193. The van der Waals surface area contributed by atoms with Crippen molar-refractivity contribution in [3.63, 3.8) is 0 Å². The Hall–Kier alpha value is -1.51. The number of rotatable bonds is 6. The molecule has 0 bridgehead atoms. The Bertz CT molecular complexity index is 301. The third kappa shape index (κ3) is 6.06. The molecular weight excluding hydrogens is 202 g/mol. The average molecular weight is 223 g/mol. The molecule has 0 aromatic heterocycles. The minimum absolute atomic E-state index is 0.0966. The van der Waals surface area contributed by atoms with Gasteiger partial charge < -0.3 is 10.1 Å². The first-order valence-electron chi connectivity index (χ1n) is 5.35. The normalized spacial score (nSPS) is 12.6. The van der Waals surface area contributed by atoms with E-state index in [1.165, 1.54) is 0 Å². The molecule has 0 spiro atoms. The molecule has 0 aliphatic heterocycles. The molecule has 0 fully saturated rings. The third-order valence-corrected chi connectivity index (χ3v) is 2.06. The van der Waals surface area contributed by atoms with Gasteiger partial charge >= 0.3 is 5.97 Å². The van der Waals surface area contributed by atoms with Crippen molar-refractivity contribution in [1.29, 1.82) is 0 Å². The van der Waals surface area contributed by atoms with Crippen LogP contribution in [0.2, 0.25) is 0 Å².